The molecule has 1 aromatic heterocycles. The van der Waals surface area contributed by atoms with Gasteiger partial charge in [0.15, 0.2) is 0 Å². The summed E-state index contributed by atoms with van der Waals surface area (Å²) < 4.78 is 8.02. The van der Waals surface area contributed by atoms with Crippen LogP contribution in [0.3, 0.4) is 0 Å². The molecule has 0 amide bonds. The molecule has 0 spiro atoms. The van der Waals surface area contributed by atoms with Crippen molar-refractivity contribution in [1.82, 2.24) is 14.8 Å². The predicted octanol–water partition coefficient (Wildman–Crippen LogP) is 1.75. The molecule has 1 saturated heterocycles. The average molecular weight is 264 g/mol. The molecule has 106 valence electrons. The first kappa shape index (κ1) is 13.1. The predicted molar refractivity (Wildman–Crippen MR) is 72.9 cm³/mol. The Balaban J connectivity index is 1.73. The van der Waals surface area contributed by atoms with Gasteiger partial charge in [-0.15, -0.1) is 10.2 Å². The second-order valence-corrected chi connectivity index (χ2v) is 5.96. The van der Waals surface area contributed by atoms with E-state index in [0.717, 1.165) is 56.9 Å². The normalized spacial score (nSPS) is 31.8. The van der Waals surface area contributed by atoms with E-state index in [4.69, 9.17) is 10.5 Å². The number of hydrogen-bond donors (Lipinski definition) is 1. The molecular weight excluding hydrogens is 240 g/mol. The van der Waals surface area contributed by atoms with E-state index in [1.54, 1.807) is 0 Å². The number of nitrogens with zero attached hydrogens (tertiary/aromatic N) is 3. The summed E-state index contributed by atoms with van der Waals surface area (Å²) in [5, 5.41) is 8.70. The highest BCUT2D eigenvalue weighted by molar-refractivity contribution is 5.04. The number of ether oxygens (including phenoxy) is 1. The van der Waals surface area contributed by atoms with E-state index in [-0.39, 0.29) is 0 Å². The summed E-state index contributed by atoms with van der Waals surface area (Å²) in [4.78, 5) is 0. The van der Waals surface area contributed by atoms with E-state index in [9.17, 15) is 0 Å². The van der Waals surface area contributed by atoms with E-state index in [1.165, 1.54) is 6.42 Å². The minimum atomic E-state index is 0.347. The lowest BCUT2D eigenvalue weighted by Gasteiger charge is -2.26. The lowest BCUT2D eigenvalue weighted by Crippen LogP contribution is -2.27. The van der Waals surface area contributed by atoms with Gasteiger partial charge in [0, 0.05) is 18.6 Å². The lowest BCUT2D eigenvalue weighted by molar-refractivity contribution is 0.0951. The first-order valence-corrected chi connectivity index (χ1v) is 7.51. The van der Waals surface area contributed by atoms with Crippen LogP contribution >= 0.6 is 0 Å². The van der Waals surface area contributed by atoms with Crippen LogP contribution in [0, 0.1) is 6.92 Å². The van der Waals surface area contributed by atoms with Crippen LogP contribution in [0.5, 0.6) is 0 Å². The highest BCUT2D eigenvalue weighted by Gasteiger charge is 2.26. The van der Waals surface area contributed by atoms with Gasteiger partial charge in [0.05, 0.1) is 12.6 Å². The Hall–Kier alpha value is -0.940. The fourth-order valence-corrected chi connectivity index (χ4v) is 3.29. The number of aryl methyl sites for hydroxylation is 1. The van der Waals surface area contributed by atoms with Crippen LogP contribution in [0.1, 0.15) is 56.1 Å². The standard InChI is InChI=1S/C14H24N4O/c1-10-16-17-14(11-4-6-12(15)7-5-11)18(10)9-13-3-2-8-19-13/h11-13H,2-9,15H2,1H3. The number of hydrogen-bond acceptors (Lipinski definition) is 4. The van der Waals surface area contributed by atoms with Gasteiger partial charge in [0.1, 0.15) is 11.6 Å². The van der Waals surface area contributed by atoms with Gasteiger partial charge >= 0.3 is 0 Å². The van der Waals surface area contributed by atoms with Crippen molar-refractivity contribution in [2.75, 3.05) is 6.61 Å². The number of aromatic nitrogens is 3. The molecular formula is C14H24N4O. The van der Waals surface area contributed by atoms with Gasteiger partial charge in [-0.25, -0.2) is 0 Å². The molecule has 2 fully saturated rings. The molecule has 5 nitrogen and oxygen atoms in total. The molecule has 1 aromatic rings. The Labute approximate surface area is 114 Å². The molecule has 0 radical (unpaired) electrons. The summed E-state index contributed by atoms with van der Waals surface area (Å²) in [6.45, 7) is 3.86. The maximum absolute atomic E-state index is 5.99. The van der Waals surface area contributed by atoms with Gasteiger partial charge in [-0.3, -0.25) is 0 Å². The van der Waals surface area contributed by atoms with Crippen molar-refractivity contribution in [2.24, 2.45) is 5.73 Å². The largest absolute Gasteiger partial charge is 0.376 e. The third kappa shape index (κ3) is 2.82. The number of rotatable bonds is 3. The smallest absolute Gasteiger partial charge is 0.136 e. The maximum Gasteiger partial charge on any atom is 0.136 e. The molecule has 2 heterocycles. The van der Waals surface area contributed by atoms with Crippen molar-refractivity contribution >= 4 is 0 Å². The second kappa shape index (κ2) is 5.59. The van der Waals surface area contributed by atoms with Gasteiger partial charge in [0.2, 0.25) is 0 Å². The summed E-state index contributed by atoms with van der Waals surface area (Å²) in [5.74, 6) is 2.70. The highest BCUT2D eigenvalue weighted by atomic mass is 16.5. The topological polar surface area (TPSA) is 66.0 Å². The Morgan fingerprint density at radius 1 is 1.21 bits per heavy atom. The molecule has 19 heavy (non-hydrogen) atoms. The highest BCUT2D eigenvalue weighted by Crippen LogP contribution is 2.32. The molecule has 1 saturated carbocycles. The van der Waals surface area contributed by atoms with E-state index in [1.807, 2.05) is 6.92 Å². The molecule has 1 unspecified atom stereocenters. The average Bonchev–Trinajstić information content (AvgIpc) is 3.03. The van der Waals surface area contributed by atoms with Crippen molar-refractivity contribution in [3.05, 3.63) is 11.6 Å². The van der Waals surface area contributed by atoms with Crippen LogP contribution in [-0.2, 0) is 11.3 Å². The molecule has 0 bridgehead atoms. The molecule has 1 aliphatic heterocycles. The van der Waals surface area contributed by atoms with Gasteiger partial charge in [-0.05, 0) is 45.4 Å². The summed E-state index contributed by atoms with van der Waals surface area (Å²) >= 11 is 0. The lowest BCUT2D eigenvalue weighted by atomic mass is 9.86. The van der Waals surface area contributed by atoms with Crippen molar-refractivity contribution in [3.8, 4) is 0 Å². The van der Waals surface area contributed by atoms with Gasteiger partial charge in [0.25, 0.3) is 0 Å². The third-order valence-corrected chi connectivity index (χ3v) is 4.51. The minimum absolute atomic E-state index is 0.347. The van der Waals surface area contributed by atoms with E-state index < -0.39 is 0 Å². The van der Waals surface area contributed by atoms with Gasteiger partial charge < -0.3 is 15.0 Å². The van der Waals surface area contributed by atoms with E-state index in [0.29, 0.717) is 18.1 Å². The molecule has 5 heteroatoms. The summed E-state index contributed by atoms with van der Waals surface area (Å²) in [7, 11) is 0. The summed E-state index contributed by atoms with van der Waals surface area (Å²) in [5.41, 5.74) is 5.99. The third-order valence-electron chi connectivity index (χ3n) is 4.51. The molecule has 0 aromatic carbocycles. The first-order valence-electron chi connectivity index (χ1n) is 7.51. The van der Waals surface area contributed by atoms with Crippen LogP contribution in [-0.4, -0.2) is 33.5 Å². The molecule has 1 aliphatic carbocycles. The van der Waals surface area contributed by atoms with Crippen molar-refractivity contribution < 1.29 is 4.74 Å². The van der Waals surface area contributed by atoms with Crippen LogP contribution in [0.25, 0.3) is 0 Å². The Morgan fingerprint density at radius 3 is 2.68 bits per heavy atom. The van der Waals surface area contributed by atoms with Gasteiger partial charge in [-0.1, -0.05) is 0 Å². The zero-order valence-corrected chi connectivity index (χ0v) is 11.7. The van der Waals surface area contributed by atoms with Crippen LogP contribution in [0.2, 0.25) is 0 Å². The van der Waals surface area contributed by atoms with Crippen molar-refractivity contribution in [1.29, 1.82) is 0 Å². The minimum Gasteiger partial charge on any atom is -0.376 e. The second-order valence-electron chi connectivity index (χ2n) is 5.96. The van der Waals surface area contributed by atoms with Crippen LogP contribution in [0.4, 0.5) is 0 Å². The first-order chi connectivity index (χ1) is 9.24. The zero-order chi connectivity index (χ0) is 13.2. The Bertz CT molecular complexity index is 417. The molecule has 2 aliphatic rings. The quantitative estimate of drug-likeness (QED) is 0.903. The van der Waals surface area contributed by atoms with Crippen LogP contribution in [0.15, 0.2) is 0 Å². The van der Waals surface area contributed by atoms with E-state index >= 15 is 0 Å². The zero-order valence-electron chi connectivity index (χ0n) is 11.7. The molecule has 2 N–H and O–H groups in total. The van der Waals surface area contributed by atoms with Gasteiger partial charge in [-0.2, -0.15) is 0 Å². The summed E-state index contributed by atoms with van der Waals surface area (Å²) in [6, 6.07) is 0.381. The fraction of sp³-hybridized carbons (Fsp3) is 0.857. The number of nitrogens with two attached hydrogens (primary N) is 1. The molecule has 3 rings (SSSR count). The van der Waals surface area contributed by atoms with Crippen LogP contribution < -0.4 is 5.73 Å². The SMILES string of the molecule is Cc1nnc(C2CCC(N)CC2)n1CC1CCCO1. The summed E-state index contributed by atoms with van der Waals surface area (Å²) in [6.07, 6.45) is 7.19. The Kier molecular flexibility index (Phi) is 3.84. The fourth-order valence-electron chi connectivity index (χ4n) is 3.29. The Morgan fingerprint density at radius 2 is 2.00 bits per heavy atom. The molecule has 1 atom stereocenters. The maximum atomic E-state index is 5.99. The van der Waals surface area contributed by atoms with E-state index in [2.05, 4.69) is 14.8 Å². The van der Waals surface area contributed by atoms with Crippen molar-refractivity contribution in [2.45, 2.75) is 70.1 Å². The van der Waals surface area contributed by atoms with Crippen molar-refractivity contribution in [3.63, 3.8) is 0 Å². The monoisotopic (exact) mass is 264 g/mol.